The zero-order chi connectivity index (χ0) is 37.5. The van der Waals surface area contributed by atoms with Crippen molar-refractivity contribution in [3.8, 4) is 5.88 Å². The summed E-state index contributed by atoms with van der Waals surface area (Å²) in [6, 6.07) is 9.69. The topological polar surface area (TPSA) is 148 Å². The summed E-state index contributed by atoms with van der Waals surface area (Å²) in [7, 11) is 1.85. The van der Waals surface area contributed by atoms with Crippen LogP contribution < -0.4 is 9.64 Å². The fourth-order valence-electron chi connectivity index (χ4n) is 6.28. The minimum atomic E-state index is -5.08. The summed E-state index contributed by atoms with van der Waals surface area (Å²) < 4.78 is 84.8. The molecule has 0 amide bonds. The third kappa shape index (κ3) is 7.46. The normalized spacial score (nSPS) is 16.5. The van der Waals surface area contributed by atoms with Crippen LogP contribution in [0.4, 0.5) is 32.2 Å². The maximum absolute atomic E-state index is 15.0. The molecule has 7 rings (SSSR count). The number of nitrogens with zero attached hydrogens (tertiary/aromatic N) is 7. The van der Waals surface area contributed by atoms with E-state index in [9.17, 15) is 36.2 Å². The van der Waals surface area contributed by atoms with E-state index in [0.717, 1.165) is 37.2 Å². The number of rotatable bonds is 8. The number of alkyl halides is 3. The van der Waals surface area contributed by atoms with Crippen molar-refractivity contribution in [1.82, 2.24) is 29.3 Å². The van der Waals surface area contributed by atoms with Crippen LogP contribution in [-0.2, 0) is 25.0 Å². The van der Waals surface area contributed by atoms with Crippen LogP contribution in [0, 0.1) is 22.9 Å². The molecule has 1 unspecified atom stereocenters. The highest BCUT2D eigenvalue weighted by Crippen LogP contribution is 2.65. The van der Waals surface area contributed by atoms with E-state index in [4.69, 9.17) is 31.2 Å². The molecule has 5 aromatic rings. The molecule has 1 saturated heterocycles. The quantitative estimate of drug-likeness (QED) is 0.172. The Morgan fingerprint density at radius 1 is 1.00 bits per heavy atom. The number of pyridine rings is 1. The third-order valence-corrected chi connectivity index (χ3v) is 9.43. The van der Waals surface area contributed by atoms with Crippen molar-refractivity contribution < 1.29 is 50.9 Å². The van der Waals surface area contributed by atoms with Gasteiger partial charge in [0.15, 0.2) is 23.3 Å². The zero-order valence-electron chi connectivity index (χ0n) is 27.0. The molecule has 1 aliphatic heterocycles. The summed E-state index contributed by atoms with van der Waals surface area (Å²) in [4.78, 5) is 31.5. The molecular weight excluding hydrogens is 724 g/mol. The van der Waals surface area contributed by atoms with Gasteiger partial charge in [0.2, 0.25) is 0 Å². The highest BCUT2D eigenvalue weighted by molar-refractivity contribution is 6.30. The van der Waals surface area contributed by atoms with Crippen molar-refractivity contribution in [2.75, 3.05) is 18.0 Å². The number of carboxylic acid groups (broad SMARTS) is 2. The molecule has 2 fully saturated rings. The number of ether oxygens (including phenoxy) is 1. The molecule has 12 nitrogen and oxygen atoms in total. The van der Waals surface area contributed by atoms with Gasteiger partial charge in [-0.2, -0.15) is 18.2 Å². The molecule has 0 bridgehead atoms. The monoisotopic (exact) mass is 751 g/mol. The number of anilines is 1. The van der Waals surface area contributed by atoms with Crippen LogP contribution >= 0.6 is 11.6 Å². The van der Waals surface area contributed by atoms with Gasteiger partial charge < -0.3 is 29.0 Å². The number of aliphatic carboxylic acids is 1. The smallest absolute Gasteiger partial charge is 0.478 e. The number of hydrogen-bond donors (Lipinski definition) is 2. The van der Waals surface area contributed by atoms with Gasteiger partial charge in [-0.3, -0.25) is 0 Å². The lowest BCUT2D eigenvalue weighted by molar-refractivity contribution is -0.192. The van der Waals surface area contributed by atoms with E-state index in [-0.39, 0.29) is 39.9 Å². The Kier molecular flexibility index (Phi) is 9.78. The molecule has 52 heavy (non-hydrogen) atoms. The largest absolute Gasteiger partial charge is 0.490 e. The molecule has 1 saturated carbocycles. The van der Waals surface area contributed by atoms with Crippen molar-refractivity contribution in [2.45, 2.75) is 44.5 Å². The summed E-state index contributed by atoms with van der Waals surface area (Å²) in [6.07, 6.45) is -1.17. The highest BCUT2D eigenvalue weighted by atomic mass is 35.5. The number of benzene rings is 2. The summed E-state index contributed by atoms with van der Waals surface area (Å²) in [5.74, 6) is -4.94. The first-order valence-corrected chi connectivity index (χ1v) is 16.0. The van der Waals surface area contributed by atoms with Crippen molar-refractivity contribution in [3.05, 3.63) is 94.0 Å². The average Bonchev–Trinajstić information content (AvgIpc) is 3.41. The van der Waals surface area contributed by atoms with Gasteiger partial charge >= 0.3 is 18.1 Å². The first-order chi connectivity index (χ1) is 24.6. The first kappa shape index (κ1) is 36.4. The lowest BCUT2D eigenvalue weighted by Gasteiger charge is -2.34. The molecule has 2 N–H and O–H groups in total. The van der Waals surface area contributed by atoms with Crippen molar-refractivity contribution in [2.24, 2.45) is 12.5 Å². The molecule has 274 valence electrons. The Morgan fingerprint density at radius 3 is 2.33 bits per heavy atom. The Morgan fingerprint density at radius 2 is 1.71 bits per heavy atom. The summed E-state index contributed by atoms with van der Waals surface area (Å²) in [6.45, 7) is 1.03. The van der Waals surface area contributed by atoms with E-state index in [1.165, 1.54) is 12.1 Å². The Hall–Kier alpha value is -5.39. The van der Waals surface area contributed by atoms with Gasteiger partial charge in [-0.1, -0.05) is 17.7 Å². The summed E-state index contributed by atoms with van der Waals surface area (Å²) in [5.41, 5.74) is 1.65. The molecule has 1 atom stereocenters. The fourth-order valence-corrected chi connectivity index (χ4v) is 6.43. The molecule has 4 heterocycles. The highest BCUT2D eigenvalue weighted by Gasteiger charge is 2.57. The van der Waals surface area contributed by atoms with Crippen LogP contribution in [0.15, 0.2) is 48.8 Å². The SMILES string of the molecule is Cn1cnnc1Cn1c(C2CC23CCN(c2nc(OCc4ccc(Cl)cc4F)c(F)cc2F)CC3)nc2ccc(C(=O)O)cc21.O=C(O)C(F)(F)F. The van der Waals surface area contributed by atoms with Crippen LogP contribution in [0.25, 0.3) is 11.0 Å². The van der Waals surface area contributed by atoms with Gasteiger partial charge in [0, 0.05) is 42.7 Å². The Bertz CT molecular complexity index is 2170. The summed E-state index contributed by atoms with van der Waals surface area (Å²) in [5, 5.41) is 25.1. The van der Waals surface area contributed by atoms with E-state index >= 15 is 0 Å². The lowest BCUT2D eigenvalue weighted by Crippen LogP contribution is -2.36. The van der Waals surface area contributed by atoms with Crippen LogP contribution in [0.5, 0.6) is 5.88 Å². The number of aromatic nitrogens is 6. The molecule has 3 aromatic heterocycles. The van der Waals surface area contributed by atoms with Gasteiger partial charge in [0.1, 0.15) is 24.6 Å². The van der Waals surface area contributed by atoms with Gasteiger partial charge in [-0.05, 0) is 55.0 Å². The molecule has 2 aliphatic rings. The van der Waals surface area contributed by atoms with Gasteiger partial charge in [-0.15, -0.1) is 10.2 Å². The molecular formula is C33H28ClF6N7O5. The van der Waals surface area contributed by atoms with E-state index < -0.39 is 41.4 Å². The third-order valence-electron chi connectivity index (χ3n) is 9.19. The lowest BCUT2D eigenvalue weighted by atomic mass is 9.90. The van der Waals surface area contributed by atoms with E-state index in [1.54, 1.807) is 29.4 Å². The van der Waals surface area contributed by atoms with Crippen LogP contribution in [-0.4, -0.2) is 70.7 Å². The number of fused-ring (bicyclic) bond motifs is 1. The van der Waals surface area contributed by atoms with Crippen LogP contribution in [0.3, 0.4) is 0 Å². The van der Waals surface area contributed by atoms with Crippen molar-refractivity contribution in [3.63, 3.8) is 0 Å². The number of aromatic carboxylic acids is 1. The predicted octanol–water partition coefficient (Wildman–Crippen LogP) is 6.36. The molecule has 0 radical (unpaired) electrons. The van der Waals surface area contributed by atoms with Crippen molar-refractivity contribution >= 4 is 40.4 Å². The second kappa shape index (κ2) is 14.0. The van der Waals surface area contributed by atoms with E-state index in [1.807, 2.05) is 16.2 Å². The Labute approximate surface area is 295 Å². The van der Waals surface area contributed by atoms with E-state index in [0.29, 0.717) is 36.5 Å². The average molecular weight is 752 g/mol. The molecule has 2 aromatic carbocycles. The number of piperidine rings is 1. The fraction of sp³-hybridized carbons (Fsp3) is 0.333. The first-order valence-electron chi connectivity index (χ1n) is 15.6. The van der Waals surface area contributed by atoms with E-state index in [2.05, 4.69) is 15.2 Å². The second-order valence-electron chi connectivity index (χ2n) is 12.4. The standard InChI is InChI=1S/C31H27ClF3N7O3.C2HF3O2/c1-40-16-36-39-26(40)14-42-25-10-17(30(43)44)3-5-24(25)37-27(42)20-13-31(20)6-8-41(9-7-31)28-22(34)12-23(35)29(38-28)45-15-18-2-4-19(32)11-21(18)33;3-2(4,5)1(6)7/h2-5,10-12,16,20H,6-9,13-15H2,1H3,(H,43,44);(H,6,7). The molecule has 19 heteroatoms. The molecule has 1 spiro atoms. The van der Waals surface area contributed by atoms with Gasteiger partial charge in [-0.25, -0.2) is 27.7 Å². The second-order valence-corrected chi connectivity index (χ2v) is 12.9. The summed E-state index contributed by atoms with van der Waals surface area (Å²) >= 11 is 5.80. The predicted molar refractivity (Wildman–Crippen MR) is 172 cm³/mol. The number of halogens is 7. The van der Waals surface area contributed by atoms with Crippen LogP contribution in [0.2, 0.25) is 5.02 Å². The maximum Gasteiger partial charge on any atom is 0.490 e. The minimum absolute atomic E-state index is 0.0225. The maximum atomic E-state index is 15.0. The number of carbonyl (C=O) groups is 2. The number of carboxylic acids is 2. The number of hydrogen-bond acceptors (Lipinski definition) is 8. The van der Waals surface area contributed by atoms with Crippen LogP contribution in [0.1, 0.15) is 52.8 Å². The number of imidazole rings is 1. The van der Waals surface area contributed by atoms with Gasteiger partial charge in [0.25, 0.3) is 5.88 Å². The molecule has 1 aliphatic carbocycles. The number of aryl methyl sites for hydroxylation is 1. The Balaban J connectivity index is 0.000000604. The van der Waals surface area contributed by atoms with Gasteiger partial charge in [0.05, 0.1) is 23.1 Å². The zero-order valence-corrected chi connectivity index (χ0v) is 27.8. The minimum Gasteiger partial charge on any atom is -0.478 e. The van der Waals surface area contributed by atoms with Crippen molar-refractivity contribution in [1.29, 1.82) is 0 Å².